The molecule has 1 N–H and O–H groups in total. The summed E-state index contributed by atoms with van der Waals surface area (Å²) in [5.74, 6) is 0.968. The van der Waals surface area contributed by atoms with Gasteiger partial charge < -0.3 is 10.1 Å². The highest BCUT2D eigenvalue weighted by Gasteiger charge is 2.13. The van der Waals surface area contributed by atoms with Crippen LogP contribution in [-0.2, 0) is 11.3 Å². The monoisotopic (exact) mass is 246 g/mol. The molecule has 1 unspecified atom stereocenters. The Balaban J connectivity index is 1.65. The van der Waals surface area contributed by atoms with E-state index in [0.29, 0.717) is 6.04 Å². The van der Waals surface area contributed by atoms with Gasteiger partial charge in [0, 0.05) is 25.5 Å². The van der Waals surface area contributed by atoms with E-state index in [1.807, 2.05) is 28.8 Å². The van der Waals surface area contributed by atoms with Crippen LogP contribution in [0.15, 0.2) is 24.4 Å². The van der Waals surface area contributed by atoms with Crippen molar-refractivity contribution in [1.82, 2.24) is 19.9 Å². The molecule has 0 amide bonds. The summed E-state index contributed by atoms with van der Waals surface area (Å²) in [6, 6.07) is 6.47. The summed E-state index contributed by atoms with van der Waals surface area (Å²) < 4.78 is 7.49. The molecule has 1 fully saturated rings. The first-order chi connectivity index (χ1) is 8.93. The summed E-state index contributed by atoms with van der Waals surface area (Å²) in [7, 11) is 0. The quantitative estimate of drug-likeness (QED) is 0.889. The SMILES string of the molecule is c1ccn2c(CNC3CCCOCC3)nnc2c1. The van der Waals surface area contributed by atoms with Crippen molar-refractivity contribution in [1.29, 1.82) is 0 Å². The molecule has 18 heavy (non-hydrogen) atoms. The van der Waals surface area contributed by atoms with Gasteiger partial charge in [0.1, 0.15) is 0 Å². The number of ether oxygens (including phenoxy) is 1. The van der Waals surface area contributed by atoms with Crippen LogP contribution in [-0.4, -0.2) is 33.9 Å². The van der Waals surface area contributed by atoms with E-state index in [0.717, 1.165) is 44.1 Å². The summed E-state index contributed by atoms with van der Waals surface area (Å²) in [6.45, 7) is 2.51. The van der Waals surface area contributed by atoms with Gasteiger partial charge in [0.2, 0.25) is 0 Å². The third kappa shape index (κ3) is 2.52. The Morgan fingerprint density at radius 2 is 2.28 bits per heavy atom. The fourth-order valence-electron chi connectivity index (χ4n) is 2.36. The van der Waals surface area contributed by atoms with Gasteiger partial charge in [0.25, 0.3) is 0 Å². The Bertz CT molecular complexity index is 502. The summed E-state index contributed by atoms with van der Waals surface area (Å²) in [5.41, 5.74) is 0.901. The second-order valence-electron chi connectivity index (χ2n) is 4.67. The minimum absolute atomic E-state index is 0.531. The van der Waals surface area contributed by atoms with E-state index in [2.05, 4.69) is 15.5 Å². The van der Waals surface area contributed by atoms with Gasteiger partial charge in [-0.25, -0.2) is 0 Å². The Hall–Kier alpha value is -1.46. The standard InChI is InChI=1S/C13H18N4O/c1-2-7-17-12(5-1)15-16-13(17)10-14-11-4-3-8-18-9-6-11/h1-2,5,7,11,14H,3-4,6,8-10H2. The maximum absolute atomic E-state index is 5.46. The van der Waals surface area contributed by atoms with Gasteiger partial charge in [-0.1, -0.05) is 6.07 Å². The molecular formula is C13H18N4O. The predicted octanol–water partition coefficient (Wildman–Crippen LogP) is 1.39. The van der Waals surface area contributed by atoms with Crippen molar-refractivity contribution in [3.8, 4) is 0 Å². The van der Waals surface area contributed by atoms with Crippen LogP contribution >= 0.6 is 0 Å². The molecule has 0 spiro atoms. The topological polar surface area (TPSA) is 51.5 Å². The van der Waals surface area contributed by atoms with Crippen LogP contribution in [0.4, 0.5) is 0 Å². The molecule has 5 nitrogen and oxygen atoms in total. The molecule has 3 rings (SSSR count). The summed E-state index contributed by atoms with van der Waals surface area (Å²) in [4.78, 5) is 0. The molecule has 2 aromatic heterocycles. The zero-order valence-electron chi connectivity index (χ0n) is 10.4. The molecule has 0 bridgehead atoms. The lowest BCUT2D eigenvalue weighted by atomic mass is 10.1. The van der Waals surface area contributed by atoms with Gasteiger partial charge in [-0.3, -0.25) is 4.40 Å². The van der Waals surface area contributed by atoms with Crippen molar-refractivity contribution in [3.63, 3.8) is 0 Å². The first kappa shape index (κ1) is 11.6. The third-order valence-corrected chi connectivity index (χ3v) is 3.39. The Labute approximate surface area is 106 Å². The highest BCUT2D eigenvalue weighted by atomic mass is 16.5. The molecule has 0 radical (unpaired) electrons. The average Bonchev–Trinajstić information content (AvgIpc) is 2.64. The van der Waals surface area contributed by atoms with E-state index in [9.17, 15) is 0 Å². The molecule has 1 atom stereocenters. The smallest absolute Gasteiger partial charge is 0.160 e. The Morgan fingerprint density at radius 3 is 3.28 bits per heavy atom. The molecule has 1 aliphatic heterocycles. The molecule has 0 aliphatic carbocycles. The first-order valence-electron chi connectivity index (χ1n) is 6.53. The number of rotatable bonds is 3. The van der Waals surface area contributed by atoms with Crippen LogP contribution in [0.1, 0.15) is 25.1 Å². The van der Waals surface area contributed by atoms with Crippen molar-refractivity contribution < 1.29 is 4.74 Å². The van der Waals surface area contributed by atoms with E-state index in [1.54, 1.807) is 0 Å². The molecule has 0 aromatic carbocycles. The summed E-state index contributed by atoms with van der Waals surface area (Å²) in [6.07, 6.45) is 5.40. The van der Waals surface area contributed by atoms with Crippen LogP contribution in [0.25, 0.3) is 5.65 Å². The van der Waals surface area contributed by atoms with E-state index in [1.165, 1.54) is 6.42 Å². The molecule has 2 aromatic rings. The largest absolute Gasteiger partial charge is 0.381 e. The van der Waals surface area contributed by atoms with Gasteiger partial charge in [0.05, 0.1) is 6.54 Å². The number of nitrogens with zero attached hydrogens (tertiary/aromatic N) is 3. The van der Waals surface area contributed by atoms with Crippen molar-refractivity contribution >= 4 is 5.65 Å². The number of hydrogen-bond donors (Lipinski definition) is 1. The highest BCUT2D eigenvalue weighted by Crippen LogP contribution is 2.09. The van der Waals surface area contributed by atoms with Gasteiger partial charge in [0.15, 0.2) is 11.5 Å². The molecule has 1 aliphatic rings. The lowest BCUT2D eigenvalue weighted by Gasteiger charge is -2.14. The predicted molar refractivity (Wildman–Crippen MR) is 68.3 cm³/mol. The van der Waals surface area contributed by atoms with Crippen molar-refractivity contribution in [3.05, 3.63) is 30.2 Å². The second-order valence-corrected chi connectivity index (χ2v) is 4.67. The van der Waals surface area contributed by atoms with E-state index >= 15 is 0 Å². The molecule has 96 valence electrons. The average molecular weight is 246 g/mol. The number of hydrogen-bond acceptors (Lipinski definition) is 4. The van der Waals surface area contributed by atoms with Gasteiger partial charge in [-0.05, 0) is 31.4 Å². The minimum atomic E-state index is 0.531. The van der Waals surface area contributed by atoms with Gasteiger partial charge in [-0.15, -0.1) is 10.2 Å². The van der Waals surface area contributed by atoms with Crippen LogP contribution < -0.4 is 5.32 Å². The number of fused-ring (bicyclic) bond motifs is 1. The molecule has 1 saturated heterocycles. The highest BCUT2D eigenvalue weighted by molar-refractivity contribution is 5.36. The fraction of sp³-hybridized carbons (Fsp3) is 0.538. The molecular weight excluding hydrogens is 228 g/mol. The zero-order chi connectivity index (χ0) is 12.2. The van der Waals surface area contributed by atoms with E-state index < -0.39 is 0 Å². The zero-order valence-corrected chi connectivity index (χ0v) is 10.4. The van der Waals surface area contributed by atoms with Crippen LogP contribution in [0.3, 0.4) is 0 Å². The first-order valence-corrected chi connectivity index (χ1v) is 6.53. The van der Waals surface area contributed by atoms with E-state index in [4.69, 9.17) is 4.74 Å². The minimum Gasteiger partial charge on any atom is -0.381 e. The lowest BCUT2D eigenvalue weighted by molar-refractivity contribution is 0.142. The van der Waals surface area contributed by atoms with Crippen molar-refractivity contribution in [2.24, 2.45) is 0 Å². The van der Waals surface area contributed by atoms with Crippen LogP contribution in [0, 0.1) is 0 Å². The maximum atomic E-state index is 5.46. The van der Waals surface area contributed by atoms with Gasteiger partial charge >= 0.3 is 0 Å². The maximum Gasteiger partial charge on any atom is 0.160 e. The Kier molecular flexibility index (Phi) is 3.52. The summed E-state index contributed by atoms with van der Waals surface area (Å²) >= 11 is 0. The lowest BCUT2D eigenvalue weighted by Crippen LogP contribution is -2.29. The van der Waals surface area contributed by atoms with Crippen molar-refractivity contribution in [2.45, 2.75) is 31.8 Å². The van der Waals surface area contributed by atoms with Crippen molar-refractivity contribution in [2.75, 3.05) is 13.2 Å². The summed E-state index contributed by atoms with van der Waals surface area (Å²) in [5, 5.41) is 11.9. The normalized spacial score (nSPS) is 21.0. The third-order valence-electron chi connectivity index (χ3n) is 3.39. The van der Waals surface area contributed by atoms with Gasteiger partial charge in [-0.2, -0.15) is 0 Å². The fourth-order valence-corrected chi connectivity index (χ4v) is 2.36. The van der Waals surface area contributed by atoms with Crippen LogP contribution in [0.5, 0.6) is 0 Å². The number of pyridine rings is 1. The number of nitrogens with one attached hydrogen (secondary N) is 1. The number of aromatic nitrogens is 3. The molecule has 3 heterocycles. The molecule has 5 heteroatoms. The van der Waals surface area contributed by atoms with Crippen LogP contribution in [0.2, 0.25) is 0 Å². The van der Waals surface area contributed by atoms with E-state index in [-0.39, 0.29) is 0 Å². The molecule has 0 saturated carbocycles. The Morgan fingerprint density at radius 1 is 1.28 bits per heavy atom. The second kappa shape index (κ2) is 5.46.